The number of ketones is 1. The second-order valence-electron chi connectivity index (χ2n) is 7.92. The van der Waals surface area contributed by atoms with Crippen molar-refractivity contribution >= 4 is 11.8 Å². The highest BCUT2D eigenvalue weighted by atomic mass is 16.5. The Hall–Kier alpha value is -2.56. The molecule has 0 fully saturated rings. The smallest absolute Gasteiger partial charge is 0.337 e. The van der Waals surface area contributed by atoms with Crippen molar-refractivity contribution in [1.29, 1.82) is 0 Å². The molecule has 0 radical (unpaired) electrons. The van der Waals surface area contributed by atoms with Gasteiger partial charge in [0.05, 0.1) is 23.7 Å². The largest absolute Gasteiger partial charge is 0.491 e. The Morgan fingerprint density at radius 3 is 2.50 bits per heavy atom. The number of para-hydroxylation sites is 1. The van der Waals surface area contributed by atoms with Crippen LogP contribution in [0.5, 0.6) is 5.75 Å². The molecule has 0 bridgehead atoms. The van der Waals surface area contributed by atoms with Crippen molar-refractivity contribution in [1.82, 2.24) is 5.32 Å². The first-order valence-corrected chi connectivity index (χ1v) is 10.00. The van der Waals surface area contributed by atoms with E-state index in [-0.39, 0.29) is 18.0 Å². The summed E-state index contributed by atoms with van der Waals surface area (Å²) in [7, 11) is 0. The molecule has 5 heteroatoms. The topological polar surface area (TPSA) is 64.6 Å². The number of carbonyl (C=O) groups is 2. The molecule has 1 heterocycles. The monoisotopic (exact) mass is 383 g/mol. The number of nitrogens with one attached hydrogen (secondary N) is 1. The molecule has 1 aliphatic heterocycles. The molecule has 2 aliphatic rings. The van der Waals surface area contributed by atoms with Gasteiger partial charge in [-0.2, -0.15) is 0 Å². The molecule has 1 atom stereocenters. The number of benzene rings is 1. The number of carbonyl (C=O) groups excluding carboxylic acids is 2. The molecule has 0 unspecified atom stereocenters. The van der Waals surface area contributed by atoms with Crippen LogP contribution in [0.4, 0.5) is 0 Å². The molecule has 3 rings (SSSR count). The Bertz CT molecular complexity index is 848. The van der Waals surface area contributed by atoms with Gasteiger partial charge < -0.3 is 14.8 Å². The minimum absolute atomic E-state index is 0.0190. The summed E-state index contributed by atoms with van der Waals surface area (Å²) >= 11 is 0. The molecule has 0 spiro atoms. The van der Waals surface area contributed by atoms with E-state index >= 15 is 0 Å². The zero-order valence-electron chi connectivity index (χ0n) is 17.3. The van der Waals surface area contributed by atoms with Crippen LogP contribution in [0, 0.1) is 0 Å². The van der Waals surface area contributed by atoms with Gasteiger partial charge in [0.2, 0.25) is 0 Å². The summed E-state index contributed by atoms with van der Waals surface area (Å²) in [5, 5.41) is 3.31. The summed E-state index contributed by atoms with van der Waals surface area (Å²) in [4.78, 5) is 26.0. The van der Waals surface area contributed by atoms with Gasteiger partial charge >= 0.3 is 5.97 Å². The summed E-state index contributed by atoms with van der Waals surface area (Å²) < 4.78 is 11.6. The standard InChI is InChI=1S/C23H29NO4/c1-13(2)27-19-12-7-6-9-16(19)21-20(23(26)28-14(3)4)15(5)24-17-10-8-11-18(25)22(17)21/h6-7,9,12-14,21,24H,8,10-11H2,1-5H3/t21-/m1/s1. The molecule has 0 aromatic heterocycles. The SMILES string of the molecule is CC1=C(C(=O)OC(C)C)[C@@H](c2ccccc2OC(C)C)C2=C(CCCC2=O)N1. The van der Waals surface area contributed by atoms with Gasteiger partial charge in [-0.3, -0.25) is 4.79 Å². The fraction of sp³-hybridized carbons (Fsp3) is 0.478. The van der Waals surface area contributed by atoms with Crippen molar-refractivity contribution in [3.63, 3.8) is 0 Å². The molecule has 0 saturated heterocycles. The molecule has 0 saturated carbocycles. The summed E-state index contributed by atoms with van der Waals surface area (Å²) in [5.74, 6) is -0.0998. The third-order valence-electron chi connectivity index (χ3n) is 4.93. The van der Waals surface area contributed by atoms with Gasteiger partial charge in [-0.15, -0.1) is 0 Å². The van der Waals surface area contributed by atoms with Gasteiger partial charge in [0.15, 0.2) is 5.78 Å². The number of dihydropyridines is 1. The minimum Gasteiger partial charge on any atom is -0.491 e. The zero-order valence-corrected chi connectivity index (χ0v) is 17.3. The number of allylic oxidation sites excluding steroid dienone is 3. The Morgan fingerprint density at radius 1 is 1.11 bits per heavy atom. The lowest BCUT2D eigenvalue weighted by Gasteiger charge is -2.35. The summed E-state index contributed by atoms with van der Waals surface area (Å²) in [6.45, 7) is 9.45. The predicted molar refractivity (Wildman–Crippen MR) is 108 cm³/mol. The maximum absolute atomic E-state index is 13.0. The predicted octanol–water partition coefficient (Wildman–Crippen LogP) is 4.39. The van der Waals surface area contributed by atoms with E-state index in [4.69, 9.17) is 9.47 Å². The molecule has 1 aromatic rings. The first-order chi connectivity index (χ1) is 13.3. The maximum Gasteiger partial charge on any atom is 0.337 e. The van der Waals surface area contributed by atoms with Crippen molar-refractivity contribution in [2.24, 2.45) is 0 Å². The van der Waals surface area contributed by atoms with Gasteiger partial charge in [-0.25, -0.2) is 4.79 Å². The summed E-state index contributed by atoms with van der Waals surface area (Å²) in [6, 6.07) is 7.66. The Kier molecular flexibility index (Phi) is 5.92. The van der Waals surface area contributed by atoms with E-state index in [9.17, 15) is 9.59 Å². The molecule has 5 nitrogen and oxygen atoms in total. The van der Waals surface area contributed by atoms with E-state index in [1.165, 1.54) is 0 Å². The molecule has 1 aromatic carbocycles. The molecular weight excluding hydrogens is 354 g/mol. The molecular formula is C23H29NO4. The van der Waals surface area contributed by atoms with Crippen molar-refractivity contribution in [3.05, 3.63) is 52.4 Å². The van der Waals surface area contributed by atoms with Crippen LogP contribution in [-0.4, -0.2) is 24.0 Å². The first-order valence-electron chi connectivity index (χ1n) is 10.00. The number of hydrogen-bond acceptors (Lipinski definition) is 5. The van der Waals surface area contributed by atoms with Crippen LogP contribution in [0.1, 0.15) is 65.4 Å². The van der Waals surface area contributed by atoms with Gasteiger partial charge in [0, 0.05) is 29.0 Å². The minimum atomic E-state index is -0.481. The lowest BCUT2D eigenvalue weighted by Crippen LogP contribution is -2.35. The number of rotatable bonds is 5. The van der Waals surface area contributed by atoms with E-state index in [2.05, 4.69) is 5.32 Å². The highest BCUT2D eigenvalue weighted by Gasteiger charge is 2.40. The van der Waals surface area contributed by atoms with E-state index < -0.39 is 11.9 Å². The van der Waals surface area contributed by atoms with E-state index in [1.54, 1.807) is 0 Å². The van der Waals surface area contributed by atoms with E-state index in [0.717, 1.165) is 29.8 Å². The number of esters is 1. The van der Waals surface area contributed by atoms with Gasteiger partial charge in [-0.1, -0.05) is 18.2 Å². The molecule has 150 valence electrons. The Balaban J connectivity index is 2.18. The third kappa shape index (κ3) is 3.98. The fourth-order valence-electron chi connectivity index (χ4n) is 3.92. The normalized spacial score (nSPS) is 19.7. The van der Waals surface area contributed by atoms with Crippen LogP contribution in [0.2, 0.25) is 0 Å². The lowest BCUT2D eigenvalue weighted by molar-refractivity contribution is -0.143. The van der Waals surface area contributed by atoms with E-state index in [1.807, 2.05) is 58.9 Å². The summed E-state index contributed by atoms with van der Waals surface area (Å²) in [6.07, 6.45) is 1.85. The number of hydrogen-bond donors (Lipinski definition) is 1. The summed E-state index contributed by atoms with van der Waals surface area (Å²) in [5.41, 5.74) is 3.65. The quantitative estimate of drug-likeness (QED) is 0.764. The lowest BCUT2D eigenvalue weighted by atomic mass is 9.75. The first kappa shape index (κ1) is 20.2. The van der Waals surface area contributed by atoms with Crippen molar-refractivity contribution < 1.29 is 19.1 Å². The molecule has 1 N–H and O–H groups in total. The molecule has 28 heavy (non-hydrogen) atoms. The maximum atomic E-state index is 13.0. The van der Waals surface area contributed by atoms with Gasteiger partial charge in [0.25, 0.3) is 0 Å². The second-order valence-corrected chi connectivity index (χ2v) is 7.92. The van der Waals surface area contributed by atoms with Crippen LogP contribution in [0.15, 0.2) is 46.8 Å². The van der Waals surface area contributed by atoms with Crippen molar-refractivity contribution in [2.75, 3.05) is 0 Å². The number of Topliss-reactive ketones (excluding diaryl/α,β-unsaturated/α-hetero) is 1. The highest BCUT2D eigenvalue weighted by Crippen LogP contribution is 2.45. The van der Waals surface area contributed by atoms with Gasteiger partial charge in [-0.05, 0) is 53.5 Å². The third-order valence-corrected chi connectivity index (χ3v) is 4.93. The number of ether oxygens (including phenoxy) is 2. The Labute approximate surface area is 166 Å². The van der Waals surface area contributed by atoms with Crippen LogP contribution in [0.25, 0.3) is 0 Å². The average Bonchev–Trinajstić information content (AvgIpc) is 2.60. The van der Waals surface area contributed by atoms with Crippen molar-refractivity contribution in [2.45, 2.75) is 72.0 Å². The van der Waals surface area contributed by atoms with Crippen LogP contribution in [0.3, 0.4) is 0 Å². The van der Waals surface area contributed by atoms with Crippen LogP contribution >= 0.6 is 0 Å². The van der Waals surface area contributed by atoms with Crippen LogP contribution in [-0.2, 0) is 14.3 Å². The zero-order chi connectivity index (χ0) is 20.4. The van der Waals surface area contributed by atoms with Gasteiger partial charge in [0.1, 0.15) is 5.75 Å². The molecule has 0 amide bonds. The van der Waals surface area contributed by atoms with Crippen LogP contribution < -0.4 is 10.1 Å². The van der Waals surface area contributed by atoms with E-state index in [0.29, 0.717) is 23.3 Å². The van der Waals surface area contributed by atoms with Crippen molar-refractivity contribution in [3.8, 4) is 5.75 Å². The highest BCUT2D eigenvalue weighted by molar-refractivity contribution is 6.04. The average molecular weight is 383 g/mol. The second kappa shape index (κ2) is 8.21. The molecule has 1 aliphatic carbocycles. The Morgan fingerprint density at radius 2 is 1.82 bits per heavy atom. The fourth-order valence-corrected chi connectivity index (χ4v) is 3.92.